The number of hydrogen-bond acceptors (Lipinski definition) is 2. The van der Waals surface area contributed by atoms with Gasteiger partial charge in [0.25, 0.3) is 0 Å². The van der Waals surface area contributed by atoms with Crippen LogP contribution in [0.1, 0.15) is 26.6 Å². The number of anilines is 1. The fourth-order valence-corrected chi connectivity index (χ4v) is 2.20. The molecule has 0 radical (unpaired) electrons. The summed E-state index contributed by atoms with van der Waals surface area (Å²) in [5.41, 5.74) is 8.11. The average molecular weight is 229 g/mol. The predicted molar refractivity (Wildman–Crippen MR) is 71.8 cm³/mol. The number of nitrogen functional groups attached to an aromatic ring is 1. The van der Waals surface area contributed by atoms with Gasteiger partial charge in [0.05, 0.1) is 0 Å². The summed E-state index contributed by atoms with van der Waals surface area (Å²) in [5.74, 6) is 1.69. The standard InChI is InChI=1S/C14H19N3/c1-10-16-12(11-8-6-5-7-9-11)13(15)17(10)14(2,3)4/h5-9H,15H2,1-4H3. The van der Waals surface area contributed by atoms with Gasteiger partial charge in [0.2, 0.25) is 0 Å². The summed E-state index contributed by atoms with van der Waals surface area (Å²) in [5, 5.41) is 0. The molecule has 2 N–H and O–H groups in total. The summed E-state index contributed by atoms with van der Waals surface area (Å²) in [4.78, 5) is 4.58. The molecule has 17 heavy (non-hydrogen) atoms. The van der Waals surface area contributed by atoms with E-state index in [0.717, 1.165) is 22.9 Å². The van der Waals surface area contributed by atoms with Crippen LogP contribution in [0, 0.1) is 6.92 Å². The van der Waals surface area contributed by atoms with Crippen LogP contribution in [0.5, 0.6) is 0 Å². The van der Waals surface area contributed by atoms with Crippen LogP contribution in [-0.4, -0.2) is 9.55 Å². The summed E-state index contributed by atoms with van der Waals surface area (Å²) in [6.07, 6.45) is 0. The molecule has 3 heteroatoms. The molecule has 2 aromatic rings. The van der Waals surface area contributed by atoms with Gasteiger partial charge in [-0.25, -0.2) is 4.98 Å². The summed E-state index contributed by atoms with van der Waals surface area (Å²) in [6, 6.07) is 10.1. The lowest BCUT2D eigenvalue weighted by Gasteiger charge is -2.24. The van der Waals surface area contributed by atoms with Crippen LogP contribution in [0.15, 0.2) is 30.3 Å². The zero-order chi connectivity index (χ0) is 12.6. The van der Waals surface area contributed by atoms with Crippen molar-refractivity contribution in [2.45, 2.75) is 33.2 Å². The number of aryl methyl sites for hydroxylation is 1. The third-order valence-electron chi connectivity index (χ3n) is 2.80. The van der Waals surface area contributed by atoms with Crippen molar-refractivity contribution in [2.24, 2.45) is 0 Å². The first kappa shape index (κ1) is 11.7. The maximum Gasteiger partial charge on any atom is 0.132 e. The number of aromatic nitrogens is 2. The van der Waals surface area contributed by atoms with E-state index in [1.807, 2.05) is 37.3 Å². The number of nitrogens with two attached hydrogens (primary N) is 1. The van der Waals surface area contributed by atoms with Crippen LogP contribution in [0.2, 0.25) is 0 Å². The van der Waals surface area contributed by atoms with Crippen LogP contribution in [0.3, 0.4) is 0 Å². The van der Waals surface area contributed by atoms with E-state index in [4.69, 9.17) is 5.73 Å². The van der Waals surface area contributed by atoms with Gasteiger partial charge in [-0.15, -0.1) is 0 Å². The molecule has 0 saturated heterocycles. The topological polar surface area (TPSA) is 43.8 Å². The normalized spacial score (nSPS) is 11.8. The highest BCUT2D eigenvalue weighted by Gasteiger charge is 2.22. The van der Waals surface area contributed by atoms with Crippen LogP contribution in [0.4, 0.5) is 5.82 Å². The molecule has 0 aliphatic carbocycles. The summed E-state index contributed by atoms with van der Waals surface area (Å²) >= 11 is 0. The van der Waals surface area contributed by atoms with Gasteiger partial charge in [0, 0.05) is 11.1 Å². The highest BCUT2D eigenvalue weighted by molar-refractivity contribution is 5.71. The Kier molecular flexibility index (Phi) is 2.69. The monoisotopic (exact) mass is 229 g/mol. The largest absolute Gasteiger partial charge is 0.383 e. The lowest BCUT2D eigenvalue weighted by Crippen LogP contribution is -2.24. The van der Waals surface area contributed by atoms with E-state index in [0.29, 0.717) is 0 Å². The molecular weight excluding hydrogens is 210 g/mol. The van der Waals surface area contributed by atoms with Crippen LogP contribution in [0.25, 0.3) is 11.3 Å². The van der Waals surface area contributed by atoms with Crippen molar-refractivity contribution in [3.63, 3.8) is 0 Å². The van der Waals surface area contributed by atoms with E-state index < -0.39 is 0 Å². The summed E-state index contributed by atoms with van der Waals surface area (Å²) in [7, 11) is 0. The molecule has 0 spiro atoms. The number of rotatable bonds is 1. The highest BCUT2D eigenvalue weighted by atomic mass is 15.2. The first-order chi connectivity index (χ1) is 7.91. The van der Waals surface area contributed by atoms with Gasteiger partial charge in [-0.3, -0.25) is 0 Å². The predicted octanol–water partition coefficient (Wildman–Crippen LogP) is 3.20. The third-order valence-corrected chi connectivity index (χ3v) is 2.80. The van der Waals surface area contributed by atoms with E-state index in [2.05, 4.69) is 30.3 Å². The fraction of sp³-hybridized carbons (Fsp3) is 0.357. The van der Waals surface area contributed by atoms with Gasteiger partial charge in [0.15, 0.2) is 0 Å². The number of imidazole rings is 1. The second-order valence-electron chi connectivity index (χ2n) is 5.27. The van der Waals surface area contributed by atoms with Crippen molar-refractivity contribution < 1.29 is 0 Å². The summed E-state index contributed by atoms with van der Waals surface area (Å²) < 4.78 is 2.08. The molecule has 1 heterocycles. The molecule has 3 nitrogen and oxygen atoms in total. The van der Waals surface area contributed by atoms with Crippen molar-refractivity contribution >= 4 is 5.82 Å². The van der Waals surface area contributed by atoms with Gasteiger partial charge >= 0.3 is 0 Å². The Bertz CT molecular complexity index is 518. The van der Waals surface area contributed by atoms with Crippen molar-refractivity contribution in [3.05, 3.63) is 36.2 Å². The Balaban J connectivity index is 2.60. The first-order valence-electron chi connectivity index (χ1n) is 5.82. The van der Waals surface area contributed by atoms with Crippen molar-refractivity contribution in [3.8, 4) is 11.3 Å². The average Bonchev–Trinajstić information content (AvgIpc) is 2.54. The van der Waals surface area contributed by atoms with Crippen molar-refractivity contribution in [1.29, 1.82) is 0 Å². The number of benzene rings is 1. The maximum atomic E-state index is 6.22. The molecule has 0 aliphatic rings. The first-order valence-corrected chi connectivity index (χ1v) is 5.82. The zero-order valence-corrected chi connectivity index (χ0v) is 10.9. The molecular formula is C14H19N3. The molecule has 0 atom stereocenters. The summed E-state index contributed by atoms with van der Waals surface area (Å²) in [6.45, 7) is 8.39. The molecule has 0 fully saturated rings. The molecule has 0 bridgehead atoms. The molecule has 0 amide bonds. The van der Waals surface area contributed by atoms with Gasteiger partial charge in [-0.1, -0.05) is 30.3 Å². The van der Waals surface area contributed by atoms with Gasteiger partial charge in [-0.2, -0.15) is 0 Å². The second kappa shape index (κ2) is 3.91. The Morgan fingerprint density at radius 3 is 2.18 bits per heavy atom. The zero-order valence-electron chi connectivity index (χ0n) is 10.9. The Morgan fingerprint density at radius 1 is 1.12 bits per heavy atom. The third kappa shape index (κ3) is 2.05. The van der Waals surface area contributed by atoms with E-state index in [-0.39, 0.29) is 5.54 Å². The lowest BCUT2D eigenvalue weighted by molar-refractivity contribution is 0.393. The highest BCUT2D eigenvalue weighted by Crippen LogP contribution is 2.30. The Morgan fingerprint density at radius 2 is 1.71 bits per heavy atom. The van der Waals surface area contributed by atoms with Crippen molar-refractivity contribution in [1.82, 2.24) is 9.55 Å². The minimum atomic E-state index is -0.0474. The van der Waals surface area contributed by atoms with Crippen LogP contribution < -0.4 is 5.73 Å². The quantitative estimate of drug-likeness (QED) is 0.816. The second-order valence-corrected chi connectivity index (χ2v) is 5.27. The molecule has 2 rings (SSSR count). The maximum absolute atomic E-state index is 6.22. The van der Waals surface area contributed by atoms with Crippen LogP contribution in [-0.2, 0) is 5.54 Å². The van der Waals surface area contributed by atoms with E-state index in [1.165, 1.54) is 0 Å². The minimum Gasteiger partial charge on any atom is -0.383 e. The SMILES string of the molecule is Cc1nc(-c2ccccc2)c(N)n1C(C)(C)C. The van der Waals surface area contributed by atoms with Gasteiger partial charge < -0.3 is 10.3 Å². The Labute approximate surface area is 102 Å². The van der Waals surface area contributed by atoms with Crippen molar-refractivity contribution in [2.75, 3.05) is 5.73 Å². The molecule has 90 valence electrons. The smallest absolute Gasteiger partial charge is 0.132 e. The lowest BCUT2D eigenvalue weighted by atomic mass is 10.1. The van der Waals surface area contributed by atoms with E-state index in [9.17, 15) is 0 Å². The molecule has 1 aromatic carbocycles. The van der Waals surface area contributed by atoms with E-state index >= 15 is 0 Å². The minimum absolute atomic E-state index is 0.0474. The molecule has 0 aliphatic heterocycles. The van der Waals surface area contributed by atoms with Gasteiger partial charge in [-0.05, 0) is 27.7 Å². The van der Waals surface area contributed by atoms with Crippen LogP contribution >= 0.6 is 0 Å². The molecule has 0 saturated carbocycles. The van der Waals surface area contributed by atoms with E-state index in [1.54, 1.807) is 0 Å². The number of hydrogen-bond donors (Lipinski definition) is 1. The fourth-order valence-electron chi connectivity index (χ4n) is 2.20. The Hall–Kier alpha value is -1.77. The van der Waals surface area contributed by atoms with Gasteiger partial charge in [0.1, 0.15) is 17.3 Å². The molecule has 1 aromatic heterocycles. The molecule has 0 unspecified atom stereocenters. The number of nitrogens with zero attached hydrogens (tertiary/aromatic N) is 2.